The van der Waals surface area contributed by atoms with Crippen LogP contribution in [0.2, 0.25) is 0 Å². The van der Waals surface area contributed by atoms with Crippen LogP contribution < -0.4 is 16.0 Å². The third-order valence-corrected chi connectivity index (χ3v) is 4.32. The molecule has 1 unspecified atom stereocenters. The average molecular weight is 374 g/mol. The molecule has 0 saturated heterocycles. The van der Waals surface area contributed by atoms with E-state index in [4.69, 9.17) is 4.42 Å². The van der Waals surface area contributed by atoms with Gasteiger partial charge in [0.1, 0.15) is 12.3 Å². The van der Waals surface area contributed by atoms with Crippen LogP contribution in [0.5, 0.6) is 0 Å². The maximum absolute atomic E-state index is 12.0. The number of carbonyl (C=O) groups excluding carboxylic acids is 1. The largest absolute Gasteiger partial charge is 0.467 e. The molecule has 27 heavy (non-hydrogen) atoms. The second kappa shape index (κ2) is 9.80. The summed E-state index contributed by atoms with van der Waals surface area (Å²) < 4.78 is 7.10. The van der Waals surface area contributed by atoms with Crippen LogP contribution >= 0.6 is 0 Å². The molecular formula is C19H30N6O2. The van der Waals surface area contributed by atoms with Crippen molar-refractivity contribution in [3.63, 3.8) is 0 Å². The molecule has 2 heterocycles. The van der Waals surface area contributed by atoms with Gasteiger partial charge in [0, 0.05) is 25.3 Å². The number of aliphatic imine (C=N–C) groups is 1. The van der Waals surface area contributed by atoms with E-state index in [1.54, 1.807) is 12.3 Å². The van der Waals surface area contributed by atoms with E-state index in [-0.39, 0.29) is 18.5 Å². The van der Waals surface area contributed by atoms with E-state index < -0.39 is 0 Å². The number of furan rings is 1. The van der Waals surface area contributed by atoms with Crippen molar-refractivity contribution in [2.75, 3.05) is 13.1 Å². The fraction of sp³-hybridized carbons (Fsp3) is 0.526. The Morgan fingerprint density at radius 2 is 2.15 bits per heavy atom. The lowest BCUT2D eigenvalue weighted by molar-refractivity contribution is -0.119. The lowest BCUT2D eigenvalue weighted by atomic mass is 10.1. The van der Waals surface area contributed by atoms with Crippen molar-refractivity contribution in [3.8, 4) is 0 Å². The molecule has 0 radical (unpaired) electrons. The molecule has 0 aromatic carbocycles. The fourth-order valence-corrected chi connectivity index (χ4v) is 2.83. The van der Waals surface area contributed by atoms with Crippen LogP contribution in [0.4, 0.5) is 0 Å². The minimum atomic E-state index is -0.157. The average Bonchev–Trinajstić information content (AvgIpc) is 3.22. The molecule has 1 atom stereocenters. The maximum atomic E-state index is 12.0. The lowest BCUT2D eigenvalue weighted by Crippen LogP contribution is -2.43. The summed E-state index contributed by atoms with van der Waals surface area (Å²) in [4.78, 5) is 16.4. The Balaban J connectivity index is 1.88. The molecule has 2 rings (SSSR count). The van der Waals surface area contributed by atoms with Crippen LogP contribution in [0.1, 0.15) is 36.6 Å². The van der Waals surface area contributed by atoms with E-state index in [1.807, 2.05) is 31.6 Å². The van der Waals surface area contributed by atoms with Crippen molar-refractivity contribution < 1.29 is 9.21 Å². The molecule has 3 N–H and O–H groups in total. The van der Waals surface area contributed by atoms with E-state index >= 15 is 0 Å². The number of carbonyl (C=O) groups is 1. The Morgan fingerprint density at radius 3 is 2.74 bits per heavy atom. The smallest absolute Gasteiger partial charge is 0.242 e. The summed E-state index contributed by atoms with van der Waals surface area (Å²) in [5.74, 6) is 1.18. The van der Waals surface area contributed by atoms with Crippen LogP contribution in [-0.4, -0.2) is 40.8 Å². The zero-order valence-electron chi connectivity index (χ0n) is 16.8. The van der Waals surface area contributed by atoms with E-state index in [2.05, 4.69) is 39.9 Å². The first-order valence-electron chi connectivity index (χ1n) is 9.23. The summed E-state index contributed by atoms with van der Waals surface area (Å²) in [7, 11) is 1.96. The number of nitrogens with zero attached hydrogens (tertiary/aromatic N) is 3. The van der Waals surface area contributed by atoms with Gasteiger partial charge in [-0.05, 0) is 51.8 Å². The Kier molecular flexibility index (Phi) is 7.45. The lowest BCUT2D eigenvalue weighted by Gasteiger charge is -2.18. The highest BCUT2D eigenvalue weighted by Crippen LogP contribution is 2.14. The molecule has 0 spiro atoms. The number of nitrogens with one attached hydrogen (secondary N) is 3. The molecule has 148 valence electrons. The molecule has 0 aliphatic carbocycles. The normalized spacial score (nSPS) is 12.7. The zero-order valence-corrected chi connectivity index (χ0v) is 16.8. The molecule has 0 aliphatic heterocycles. The van der Waals surface area contributed by atoms with Gasteiger partial charge in [-0.15, -0.1) is 0 Å². The van der Waals surface area contributed by atoms with Gasteiger partial charge in [0.15, 0.2) is 5.96 Å². The van der Waals surface area contributed by atoms with Gasteiger partial charge in [-0.3, -0.25) is 9.48 Å². The topological polar surface area (TPSA) is 96.5 Å². The summed E-state index contributed by atoms with van der Waals surface area (Å²) >= 11 is 0. The number of aryl methyl sites for hydroxylation is 2. The molecule has 2 aromatic rings. The van der Waals surface area contributed by atoms with Crippen LogP contribution in [0.3, 0.4) is 0 Å². The minimum absolute atomic E-state index is 0.0493. The van der Waals surface area contributed by atoms with Gasteiger partial charge in [-0.25, -0.2) is 4.99 Å². The summed E-state index contributed by atoms with van der Waals surface area (Å²) in [6, 6.07) is 3.76. The molecule has 0 bridgehead atoms. The first-order chi connectivity index (χ1) is 12.9. The summed E-state index contributed by atoms with van der Waals surface area (Å²) in [6.45, 7) is 9.32. The van der Waals surface area contributed by atoms with Gasteiger partial charge in [0.2, 0.25) is 5.91 Å². The van der Waals surface area contributed by atoms with Crippen LogP contribution in [0.25, 0.3) is 0 Å². The number of guanidine groups is 1. The summed E-state index contributed by atoms with van der Waals surface area (Å²) in [5.41, 5.74) is 3.45. The number of aromatic nitrogens is 2. The van der Waals surface area contributed by atoms with E-state index in [0.29, 0.717) is 18.3 Å². The van der Waals surface area contributed by atoms with Crippen LogP contribution in [-0.2, 0) is 24.8 Å². The van der Waals surface area contributed by atoms with Crippen molar-refractivity contribution in [3.05, 3.63) is 41.1 Å². The molecule has 8 nitrogen and oxygen atoms in total. The van der Waals surface area contributed by atoms with Gasteiger partial charge in [0.05, 0.1) is 18.5 Å². The second-order valence-corrected chi connectivity index (χ2v) is 6.57. The monoisotopic (exact) mass is 374 g/mol. The zero-order chi connectivity index (χ0) is 19.8. The molecular weight excluding hydrogens is 344 g/mol. The molecule has 0 saturated carbocycles. The van der Waals surface area contributed by atoms with Gasteiger partial charge in [-0.2, -0.15) is 5.10 Å². The van der Waals surface area contributed by atoms with Crippen molar-refractivity contribution in [2.24, 2.45) is 12.0 Å². The van der Waals surface area contributed by atoms with Crippen molar-refractivity contribution >= 4 is 11.9 Å². The van der Waals surface area contributed by atoms with E-state index in [1.165, 1.54) is 11.3 Å². The van der Waals surface area contributed by atoms with Gasteiger partial charge in [0.25, 0.3) is 0 Å². The minimum Gasteiger partial charge on any atom is -0.467 e. The standard InChI is InChI=1S/C19H30N6O2/c1-6-20-19(22-12-18(26)21-11-16-8-7-9-27-16)23-13(2)10-17-14(3)24-25(5)15(17)4/h7-9,13H,6,10-12H2,1-5H3,(H,21,26)(H2,20,22,23). The Morgan fingerprint density at radius 1 is 1.37 bits per heavy atom. The third kappa shape index (κ3) is 6.16. The molecule has 2 aromatic heterocycles. The third-order valence-electron chi connectivity index (χ3n) is 4.32. The SMILES string of the molecule is CCNC(=NCC(=O)NCc1ccco1)NC(C)Cc1c(C)nn(C)c1C. The Labute approximate surface area is 160 Å². The van der Waals surface area contributed by atoms with Gasteiger partial charge < -0.3 is 20.4 Å². The highest BCUT2D eigenvalue weighted by molar-refractivity contribution is 5.85. The Bertz CT molecular complexity index is 764. The summed E-state index contributed by atoms with van der Waals surface area (Å²) in [6.07, 6.45) is 2.42. The second-order valence-electron chi connectivity index (χ2n) is 6.57. The number of rotatable bonds is 8. The highest BCUT2D eigenvalue weighted by Gasteiger charge is 2.14. The first-order valence-corrected chi connectivity index (χ1v) is 9.23. The number of hydrogen-bond donors (Lipinski definition) is 3. The quantitative estimate of drug-likeness (QED) is 0.480. The van der Waals surface area contributed by atoms with E-state index in [0.717, 1.165) is 18.7 Å². The number of hydrogen-bond acceptors (Lipinski definition) is 4. The van der Waals surface area contributed by atoms with Crippen LogP contribution in [0, 0.1) is 13.8 Å². The van der Waals surface area contributed by atoms with Gasteiger partial charge >= 0.3 is 0 Å². The first kappa shape index (κ1) is 20.5. The predicted molar refractivity (Wildman–Crippen MR) is 106 cm³/mol. The summed E-state index contributed by atoms with van der Waals surface area (Å²) in [5, 5.41) is 13.8. The Hall–Kier alpha value is -2.77. The molecule has 0 fully saturated rings. The molecule has 0 aliphatic rings. The van der Waals surface area contributed by atoms with E-state index in [9.17, 15) is 4.79 Å². The maximum Gasteiger partial charge on any atom is 0.242 e. The van der Waals surface area contributed by atoms with Crippen LogP contribution in [0.15, 0.2) is 27.8 Å². The van der Waals surface area contributed by atoms with Crippen molar-refractivity contribution in [2.45, 2.75) is 46.7 Å². The van der Waals surface area contributed by atoms with Crippen molar-refractivity contribution in [1.82, 2.24) is 25.7 Å². The van der Waals surface area contributed by atoms with Crippen molar-refractivity contribution in [1.29, 1.82) is 0 Å². The fourth-order valence-electron chi connectivity index (χ4n) is 2.83. The molecule has 1 amide bonds. The predicted octanol–water partition coefficient (Wildman–Crippen LogP) is 1.43. The van der Waals surface area contributed by atoms with Gasteiger partial charge in [-0.1, -0.05) is 0 Å². The molecule has 8 heteroatoms. The number of amides is 1. The highest BCUT2D eigenvalue weighted by atomic mass is 16.3.